The maximum absolute atomic E-state index is 6.25. The molecule has 192 valence electrons. The quantitative estimate of drug-likeness (QED) is 0.403. The number of ether oxygens (including phenoxy) is 3. The van der Waals surface area contributed by atoms with E-state index in [2.05, 4.69) is 43.6 Å². The summed E-state index contributed by atoms with van der Waals surface area (Å²) in [6.07, 6.45) is 9.11. The molecule has 0 radical (unpaired) electrons. The van der Waals surface area contributed by atoms with Crippen molar-refractivity contribution in [2.24, 2.45) is 0 Å². The molecule has 2 aromatic heterocycles. The summed E-state index contributed by atoms with van der Waals surface area (Å²) in [5, 5.41) is 6.50. The molecule has 1 aromatic carbocycles. The van der Waals surface area contributed by atoms with Crippen LogP contribution in [0, 0.1) is 0 Å². The van der Waals surface area contributed by atoms with E-state index in [9.17, 15) is 0 Å². The molecule has 5 rings (SSSR count). The van der Waals surface area contributed by atoms with Gasteiger partial charge in [-0.1, -0.05) is 19.2 Å². The Morgan fingerprint density at radius 2 is 1.84 bits per heavy atom. The summed E-state index contributed by atoms with van der Waals surface area (Å²) in [5.74, 6) is 2.49. The van der Waals surface area contributed by atoms with Crippen molar-refractivity contribution >= 4 is 35.3 Å². The van der Waals surface area contributed by atoms with Crippen LogP contribution < -0.4 is 20.1 Å². The number of aromatic nitrogens is 3. The predicted octanol–water partition coefficient (Wildman–Crippen LogP) is 4.90. The van der Waals surface area contributed by atoms with Crippen LogP contribution in [-0.2, 0) is 4.74 Å². The molecule has 2 fully saturated rings. The molecule has 1 aliphatic carbocycles. The Morgan fingerprint density at radius 3 is 2.59 bits per heavy atom. The Hall–Kier alpha value is -3.95. The summed E-state index contributed by atoms with van der Waals surface area (Å²) in [6, 6.07) is 10.1. The van der Waals surface area contributed by atoms with Crippen molar-refractivity contribution in [1.29, 1.82) is 0 Å². The normalized spacial score (nSPS) is 19.4. The molecule has 0 bridgehead atoms. The number of nitrogens with zero attached hydrogens (tertiary/aromatic N) is 4. The number of pyridine rings is 1. The highest BCUT2D eigenvalue weighted by Crippen LogP contribution is 2.36. The highest BCUT2D eigenvalue weighted by atomic mass is 16.5. The van der Waals surface area contributed by atoms with Gasteiger partial charge in [0.25, 0.3) is 0 Å². The first kappa shape index (κ1) is 24.7. The first-order valence-electron chi connectivity index (χ1n) is 12.4. The van der Waals surface area contributed by atoms with Crippen molar-refractivity contribution in [2.75, 3.05) is 44.0 Å². The van der Waals surface area contributed by atoms with E-state index in [1.165, 1.54) is 0 Å². The fourth-order valence-electron chi connectivity index (χ4n) is 4.56. The standard InChI is InChI=1S/C28H32N6O3/c1-4-19-14-21(18-30-24(19)5-2)31-27-8-9-29-28(33-27)32-20-6-7-25(26(15-20)35-3)37-23-16-22(17-23)34-10-12-36-13-11-34/h4-9,14-15,18,22-23H,1-2,10-13,16-17H2,3H3,(H2,29,31,32,33). The van der Waals surface area contributed by atoms with Crippen LogP contribution in [0.15, 0.2) is 55.9 Å². The Morgan fingerprint density at radius 1 is 1.00 bits per heavy atom. The molecule has 0 amide bonds. The molecular formula is C28H32N6O3. The van der Waals surface area contributed by atoms with Crippen LogP contribution in [0.25, 0.3) is 12.2 Å². The van der Waals surface area contributed by atoms with Crippen LogP contribution in [0.1, 0.15) is 24.1 Å². The molecule has 9 heteroatoms. The van der Waals surface area contributed by atoms with Crippen LogP contribution in [0.3, 0.4) is 0 Å². The van der Waals surface area contributed by atoms with Gasteiger partial charge in [-0.2, -0.15) is 4.98 Å². The van der Waals surface area contributed by atoms with Gasteiger partial charge in [-0.3, -0.25) is 9.88 Å². The lowest BCUT2D eigenvalue weighted by Gasteiger charge is -2.44. The van der Waals surface area contributed by atoms with Gasteiger partial charge in [0.05, 0.1) is 37.9 Å². The summed E-state index contributed by atoms with van der Waals surface area (Å²) in [4.78, 5) is 15.8. The average Bonchev–Trinajstić information content (AvgIpc) is 2.91. The molecule has 2 N–H and O–H groups in total. The third-order valence-corrected chi connectivity index (χ3v) is 6.64. The molecule has 1 saturated heterocycles. The summed E-state index contributed by atoms with van der Waals surface area (Å²) in [7, 11) is 1.65. The van der Waals surface area contributed by atoms with Gasteiger partial charge in [0.2, 0.25) is 5.95 Å². The Bertz CT molecular complexity index is 1250. The molecule has 0 spiro atoms. The lowest BCUT2D eigenvalue weighted by molar-refractivity contribution is -0.0378. The minimum absolute atomic E-state index is 0.197. The van der Waals surface area contributed by atoms with Crippen LogP contribution >= 0.6 is 0 Å². The number of methoxy groups -OCH3 is 1. The Balaban J connectivity index is 1.21. The van der Waals surface area contributed by atoms with Crippen LogP contribution in [-0.4, -0.2) is 65.4 Å². The molecule has 2 aliphatic rings. The number of rotatable bonds is 10. The topological polar surface area (TPSA) is 93.7 Å². The number of morpholine rings is 1. The Kier molecular flexibility index (Phi) is 7.62. The summed E-state index contributed by atoms with van der Waals surface area (Å²) >= 11 is 0. The zero-order valence-electron chi connectivity index (χ0n) is 21.0. The van der Waals surface area contributed by atoms with E-state index in [1.807, 2.05) is 24.3 Å². The average molecular weight is 501 g/mol. The predicted molar refractivity (Wildman–Crippen MR) is 146 cm³/mol. The monoisotopic (exact) mass is 500 g/mol. The SMILES string of the molecule is C=Cc1cc(Nc2ccnc(Nc3ccc(OC4CC(N5CCOCC5)C4)c(OC)c3)n2)cnc1C=C. The van der Waals surface area contributed by atoms with Gasteiger partial charge < -0.3 is 24.8 Å². The van der Waals surface area contributed by atoms with Crippen molar-refractivity contribution in [1.82, 2.24) is 19.9 Å². The van der Waals surface area contributed by atoms with Crippen molar-refractivity contribution in [3.8, 4) is 11.5 Å². The van der Waals surface area contributed by atoms with Gasteiger partial charge in [0.1, 0.15) is 11.9 Å². The molecule has 1 aliphatic heterocycles. The molecule has 3 heterocycles. The largest absolute Gasteiger partial charge is 0.493 e. The van der Waals surface area contributed by atoms with Gasteiger partial charge in [0.15, 0.2) is 11.5 Å². The van der Waals surface area contributed by atoms with Crippen LogP contribution in [0.5, 0.6) is 11.5 Å². The molecule has 0 atom stereocenters. The van der Waals surface area contributed by atoms with Crippen molar-refractivity contribution < 1.29 is 14.2 Å². The lowest BCUT2D eigenvalue weighted by Crippen LogP contribution is -2.52. The maximum atomic E-state index is 6.25. The molecule has 9 nitrogen and oxygen atoms in total. The third kappa shape index (κ3) is 5.90. The maximum Gasteiger partial charge on any atom is 0.229 e. The van der Waals surface area contributed by atoms with Gasteiger partial charge in [-0.05, 0) is 30.3 Å². The second-order valence-corrected chi connectivity index (χ2v) is 9.00. The summed E-state index contributed by atoms with van der Waals surface area (Å²) in [5.41, 5.74) is 3.26. The van der Waals surface area contributed by atoms with Gasteiger partial charge in [0, 0.05) is 55.5 Å². The number of nitrogens with one attached hydrogen (secondary N) is 2. The smallest absolute Gasteiger partial charge is 0.229 e. The highest BCUT2D eigenvalue weighted by molar-refractivity contribution is 5.67. The Labute approximate surface area is 217 Å². The van der Waals surface area contributed by atoms with Gasteiger partial charge in [-0.15, -0.1) is 0 Å². The van der Waals surface area contributed by atoms with Gasteiger partial charge in [-0.25, -0.2) is 4.98 Å². The van der Waals surface area contributed by atoms with Crippen LogP contribution in [0.2, 0.25) is 0 Å². The van der Waals surface area contributed by atoms with Crippen molar-refractivity contribution in [3.05, 3.63) is 67.1 Å². The second kappa shape index (κ2) is 11.4. The van der Waals surface area contributed by atoms with Crippen molar-refractivity contribution in [3.63, 3.8) is 0 Å². The number of benzene rings is 1. The first-order chi connectivity index (χ1) is 18.1. The zero-order chi connectivity index (χ0) is 25.6. The molecule has 1 saturated carbocycles. The second-order valence-electron chi connectivity index (χ2n) is 9.00. The highest BCUT2D eigenvalue weighted by Gasteiger charge is 2.36. The summed E-state index contributed by atoms with van der Waals surface area (Å²) in [6.45, 7) is 11.3. The minimum atomic E-state index is 0.197. The zero-order valence-corrected chi connectivity index (χ0v) is 21.0. The number of hydrogen-bond donors (Lipinski definition) is 2. The lowest BCUT2D eigenvalue weighted by atomic mass is 9.87. The first-order valence-corrected chi connectivity index (χ1v) is 12.4. The fourth-order valence-corrected chi connectivity index (χ4v) is 4.56. The van der Waals surface area contributed by atoms with E-state index in [-0.39, 0.29) is 6.10 Å². The van der Waals surface area contributed by atoms with E-state index in [4.69, 9.17) is 14.2 Å². The molecule has 0 unspecified atom stereocenters. The van der Waals surface area contributed by atoms with Crippen LogP contribution in [0.4, 0.5) is 23.1 Å². The van der Waals surface area contributed by atoms with E-state index in [1.54, 1.807) is 37.7 Å². The molecular weight excluding hydrogens is 468 g/mol. The molecule has 3 aromatic rings. The van der Waals surface area contributed by atoms with E-state index < -0.39 is 0 Å². The minimum Gasteiger partial charge on any atom is -0.493 e. The third-order valence-electron chi connectivity index (χ3n) is 6.64. The number of anilines is 4. The molecule has 37 heavy (non-hydrogen) atoms. The van der Waals surface area contributed by atoms with E-state index in [0.29, 0.717) is 23.6 Å². The van der Waals surface area contributed by atoms with Gasteiger partial charge >= 0.3 is 0 Å². The van der Waals surface area contributed by atoms with Crippen molar-refractivity contribution in [2.45, 2.75) is 25.0 Å². The number of hydrogen-bond acceptors (Lipinski definition) is 9. The summed E-state index contributed by atoms with van der Waals surface area (Å²) < 4.78 is 17.3. The van der Waals surface area contributed by atoms with E-state index in [0.717, 1.165) is 67.5 Å². The van der Waals surface area contributed by atoms with E-state index >= 15 is 0 Å². The fraction of sp³-hybridized carbons (Fsp3) is 0.321.